The lowest BCUT2D eigenvalue weighted by molar-refractivity contribution is -0.0464. The van der Waals surface area contributed by atoms with Gasteiger partial charge in [0.15, 0.2) is 0 Å². The van der Waals surface area contributed by atoms with Gasteiger partial charge in [-0.05, 0) is 42.3 Å². The molecule has 1 heterocycles. The van der Waals surface area contributed by atoms with E-state index >= 15 is 0 Å². The molecular formula is C21H21F2N3O4. The van der Waals surface area contributed by atoms with Gasteiger partial charge in [-0.3, -0.25) is 10.0 Å². The van der Waals surface area contributed by atoms with Crippen LogP contribution in [-0.2, 0) is 6.42 Å². The number of primary amides is 1. The zero-order chi connectivity index (χ0) is 21.7. The van der Waals surface area contributed by atoms with Crippen LogP contribution in [0.1, 0.15) is 21.5 Å². The van der Waals surface area contributed by atoms with E-state index < -0.39 is 17.7 Å². The maximum Gasteiger partial charge on any atom is 0.338 e. The monoisotopic (exact) mass is 417 g/mol. The van der Waals surface area contributed by atoms with Gasteiger partial charge in [-0.15, -0.1) is 0 Å². The van der Waals surface area contributed by atoms with Crippen LogP contribution in [0.15, 0.2) is 42.5 Å². The number of urea groups is 1. The largest absolute Gasteiger partial charge is 0.492 e. The van der Waals surface area contributed by atoms with Gasteiger partial charge in [-0.2, -0.15) is 0 Å². The molecule has 0 unspecified atom stereocenters. The van der Waals surface area contributed by atoms with Crippen molar-refractivity contribution in [2.75, 3.05) is 26.2 Å². The molecule has 3 rings (SSSR count). The molecule has 0 spiro atoms. The first-order valence-electron chi connectivity index (χ1n) is 9.27. The van der Waals surface area contributed by atoms with Crippen LogP contribution in [0, 0.1) is 11.6 Å². The minimum absolute atomic E-state index is 0.0447. The third-order valence-corrected chi connectivity index (χ3v) is 4.66. The van der Waals surface area contributed by atoms with Gasteiger partial charge in [0.1, 0.15) is 24.0 Å². The first-order chi connectivity index (χ1) is 14.3. The fourth-order valence-electron chi connectivity index (χ4n) is 3.08. The number of carbonyl (C=O) groups is 2. The molecule has 30 heavy (non-hydrogen) atoms. The molecule has 3 N–H and O–H groups in total. The van der Waals surface area contributed by atoms with Gasteiger partial charge in [0.05, 0.1) is 6.54 Å². The number of hydroxylamine groups is 2. The molecule has 0 saturated heterocycles. The average molecular weight is 417 g/mol. The molecule has 3 amide bonds. The van der Waals surface area contributed by atoms with Crippen LogP contribution in [0.25, 0.3) is 6.08 Å². The Bertz CT molecular complexity index is 981. The van der Waals surface area contributed by atoms with Crippen LogP contribution in [0.5, 0.6) is 5.75 Å². The lowest BCUT2D eigenvalue weighted by Crippen LogP contribution is -2.37. The van der Waals surface area contributed by atoms with Gasteiger partial charge in [-0.25, -0.2) is 18.6 Å². The number of nitrogens with two attached hydrogens (primary N) is 1. The molecule has 158 valence electrons. The Morgan fingerprint density at radius 3 is 2.80 bits per heavy atom. The van der Waals surface area contributed by atoms with Crippen LogP contribution in [0.4, 0.5) is 13.6 Å². The number of halogens is 2. The summed E-state index contributed by atoms with van der Waals surface area (Å²) in [5.41, 5.74) is 6.55. The van der Waals surface area contributed by atoms with Gasteiger partial charge in [-0.1, -0.05) is 12.2 Å². The molecule has 2 aromatic rings. The molecule has 0 aromatic heterocycles. The number of fused-ring (bicyclic) bond motifs is 1. The summed E-state index contributed by atoms with van der Waals surface area (Å²) in [7, 11) is 0. The summed E-state index contributed by atoms with van der Waals surface area (Å²) in [6.45, 7) is 0.744. The summed E-state index contributed by atoms with van der Waals surface area (Å²) >= 11 is 0. The smallest absolute Gasteiger partial charge is 0.338 e. The second kappa shape index (κ2) is 9.36. The molecule has 0 saturated carbocycles. The standard InChI is InChI=1S/C21H21F2N3O4/c22-16-4-3-14(19(23)13-16)2-1-8-25-9-7-15-12-17(5-6-18(15)20(25)27)30-11-10-26(29)21(24)28/h1-6,12-13,29H,7-11H2,(H2,24,28). The Morgan fingerprint density at radius 1 is 1.27 bits per heavy atom. The molecule has 0 atom stereocenters. The molecule has 0 fully saturated rings. The second-order valence-electron chi connectivity index (χ2n) is 6.70. The van der Waals surface area contributed by atoms with Gasteiger partial charge in [0.25, 0.3) is 5.91 Å². The third-order valence-electron chi connectivity index (χ3n) is 4.66. The van der Waals surface area contributed by atoms with Crippen molar-refractivity contribution in [3.8, 4) is 5.75 Å². The van der Waals surface area contributed by atoms with Crippen molar-refractivity contribution >= 4 is 18.0 Å². The lowest BCUT2D eigenvalue weighted by atomic mass is 9.98. The summed E-state index contributed by atoms with van der Waals surface area (Å²) in [6.07, 6.45) is 3.80. The fourth-order valence-corrected chi connectivity index (χ4v) is 3.08. The fraction of sp³-hybridized carbons (Fsp3) is 0.238. The molecule has 1 aliphatic heterocycles. The van der Waals surface area contributed by atoms with Gasteiger partial charge in [0, 0.05) is 30.3 Å². The number of ether oxygens (including phenoxy) is 1. The van der Waals surface area contributed by atoms with E-state index in [9.17, 15) is 23.6 Å². The highest BCUT2D eigenvalue weighted by atomic mass is 19.1. The van der Waals surface area contributed by atoms with E-state index in [1.165, 1.54) is 18.2 Å². The lowest BCUT2D eigenvalue weighted by Gasteiger charge is -2.28. The Hall–Kier alpha value is -3.46. The summed E-state index contributed by atoms with van der Waals surface area (Å²) < 4.78 is 32.1. The van der Waals surface area contributed by atoms with E-state index in [0.717, 1.165) is 11.6 Å². The average Bonchev–Trinajstić information content (AvgIpc) is 2.71. The first kappa shape index (κ1) is 21.3. The quantitative estimate of drug-likeness (QED) is 0.535. The van der Waals surface area contributed by atoms with Crippen LogP contribution in [0.2, 0.25) is 0 Å². The molecule has 0 bridgehead atoms. The van der Waals surface area contributed by atoms with Crippen molar-refractivity contribution < 1.29 is 28.3 Å². The van der Waals surface area contributed by atoms with Crippen LogP contribution >= 0.6 is 0 Å². The van der Waals surface area contributed by atoms with Crippen molar-refractivity contribution in [1.29, 1.82) is 0 Å². The van der Waals surface area contributed by atoms with Gasteiger partial charge in [0.2, 0.25) is 0 Å². The molecule has 0 aliphatic carbocycles. The number of amides is 3. The zero-order valence-corrected chi connectivity index (χ0v) is 16.1. The van der Waals surface area contributed by atoms with Crippen molar-refractivity contribution in [2.45, 2.75) is 6.42 Å². The molecule has 0 radical (unpaired) electrons. The number of hydrogen-bond donors (Lipinski definition) is 2. The summed E-state index contributed by atoms with van der Waals surface area (Å²) in [6, 6.07) is 7.41. The van der Waals surface area contributed by atoms with Crippen LogP contribution in [0.3, 0.4) is 0 Å². The Labute approximate surface area is 171 Å². The van der Waals surface area contributed by atoms with Crippen molar-refractivity contribution in [2.24, 2.45) is 5.73 Å². The van der Waals surface area contributed by atoms with Crippen LogP contribution < -0.4 is 10.5 Å². The van der Waals surface area contributed by atoms with E-state index in [4.69, 9.17) is 10.5 Å². The van der Waals surface area contributed by atoms with E-state index in [-0.39, 0.29) is 24.6 Å². The Balaban J connectivity index is 1.59. The second-order valence-corrected chi connectivity index (χ2v) is 6.70. The van der Waals surface area contributed by atoms with Gasteiger partial charge < -0.3 is 15.4 Å². The number of carbonyl (C=O) groups excluding carboxylic acids is 2. The highest BCUT2D eigenvalue weighted by Gasteiger charge is 2.23. The number of nitrogens with zero attached hydrogens (tertiary/aromatic N) is 2. The number of hydrogen-bond acceptors (Lipinski definition) is 4. The topological polar surface area (TPSA) is 96.1 Å². The highest BCUT2D eigenvalue weighted by molar-refractivity contribution is 5.97. The molecule has 2 aromatic carbocycles. The Kier molecular flexibility index (Phi) is 6.63. The molecule has 9 heteroatoms. The molecular weight excluding hydrogens is 396 g/mol. The minimum Gasteiger partial charge on any atom is -0.492 e. The van der Waals surface area contributed by atoms with Crippen molar-refractivity contribution in [1.82, 2.24) is 9.96 Å². The zero-order valence-electron chi connectivity index (χ0n) is 16.1. The highest BCUT2D eigenvalue weighted by Crippen LogP contribution is 2.24. The van der Waals surface area contributed by atoms with Gasteiger partial charge >= 0.3 is 6.03 Å². The minimum atomic E-state index is -0.967. The molecule has 1 aliphatic rings. The van der Waals surface area contributed by atoms with Crippen molar-refractivity contribution in [3.63, 3.8) is 0 Å². The first-order valence-corrected chi connectivity index (χ1v) is 9.27. The van der Waals surface area contributed by atoms with E-state index in [1.54, 1.807) is 29.2 Å². The number of benzene rings is 2. The summed E-state index contributed by atoms with van der Waals surface area (Å²) in [5, 5.41) is 9.57. The van der Waals surface area contributed by atoms with Crippen molar-refractivity contribution in [3.05, 3.63) is 70.8 Å². The third kappa shape index (κ3) is 5.12. The predicted molar refractivity (Wildman–Crippen MR) is 105 cm³/mol. The normalized spacial score (nSPS) is 13.4. The summed E-state index contributed by atoms with van der Waals surface area (Å²) in [5.74, 6) is -0.937. The Morgan fingerprint density at radius 2 is 2.07 bits per heavy atom. The predicted octanol–water partition coefficient (Wildman–Crippen LogP) is 2.83. The summed E-state index contributed by atoms with van der Waals surface area (Å²) in [4.78, 5) is 25.1. The van der Waals surface area contributed by atoms with Crippen LogP contribution in [-0.4, -0.2) is 53.3 Å². The van der Waals surface area contributed by atoms with E-state index in [2.05, 4.69) is 0 Å². The SMILES string of the molecule is NC(=O)N(O)CCOc1ccc2c(c1)CCN(CC=Cc1ccc(F)cc1F)C2=O. The number of rotatable bonds is 7. The van der Waals surface area contributed by atoms with E-state index in [1.807, 2.05) is 0 Å². The molecule has 7 nitrogen and oxygen atoms in total. The van der Waals surface area contributed by atoms with E-state index in [0.29, 0.717) is 35.9 Å². The maximum atomic E-state index is 13.7. The maximum absolute atomic E-state index is 13.7.